The zero-order valence-electron chi connectivity index (χ0n) is 10.5. The molecule has 1 aromatic heterocycles. The molecule has 0 amide bonds. The smallest absolute Gasteiger partial charge is 0.225 e. The summed E-state index contributed by atoms with van der Waals surface area (Å²) >= 11 is 0. The highest BCUT2D eigenvalue weighted by atomic mass is 19.1. The second-order valence-electron chi connectivity index (χ2n) is 5.23. The summed E-state index contributed by atoms with van der Waals surface area (Å²) in [5, 5.41) is 3.57. The largest absolute Gasteiger partial charge is 0.337 e. The van der Waals surface area contributed by atoms with Crippen LogP contribution in [0.4, 0.5) is 10.3 Å². The fraction of sp³-hybridized carbons (Fsp3) is 0.692. The van der Waals surface area contributed by atoms with Gasteiger partial charge >= 0.3 is 0 Å². The van der Waals surface area contributed by atoms with Crippen LogP contribution in [0.15, 0.2) is 12.4 Å². The van der Waals surface area contributed by atoms with Crippen molar-refractivity contribution in [2.24, 2.45) is 0 Å². The Bertz CT molecular complexity index is 390. The van der Waals surface area contributed by atoms with E-state index in [2.05, 4.69) is 20.2 Å². The van der Waals surface area contributed by atoms with Crippen molar-refractivity contribution in [3.05, 3.63) is 18.2 Å². The van der Waals surface area contributed by atoms with Crippen molar-refractivity contribution in [2.75, 3.05) is 18.0 Å². The van der Waals surface area contributed by atoms with E-state index in [4.69, 9.17) is 0 Å². The van der Waals surface area contributed by atoms with Gasteiger partial charge in [-0.2, -0.15) is 0 Å². The lowest BCUT2D eigenvalue weighted by atomic mass is 10.0. The van der Waals surface area contributed by atoms with Crippen molar-refractivity contribution < 1.29 is 4.39 Å². The van der Waals surface area contributed by atoms with E-state index in [9.17, 15) is 4.39 Å². The molecule has 1 aliphatic carbocycles. The Morgan fingerprint density at radius 3 is 2.72 bits per heavy atom. The number of aromatic nitrogens is 2. The van der Waals surface area contributed by atoms with Crippen LogP contribution in [0.25, 0.3) is 0 Å². The number of piperidine rings is 1. The maximum atomic E-state index is 12.9. The van der Waals surface area contributed by atoms with Crippen molar-refractivity contribution in [1.29, 1.82) is 0 Å². The minimum atomic E-state index is -0.372. The number of hydrogen-bond donors (Lipinski definition) is 1. The molecule has 1 N–H and O–H groups in total. The first kappa shape index (κ1) is 11.8. The first-order chi connectivity index (χ1) is 8.83. The van der Waals surface area contributed by atoms with Gasteiger partial charge in [0.15, 0.2) is 5.82 Å². The van der Waals surface area contributed by atoms with E-state index in [0.29, 0.717) is 12.0 Å². The molecular formula is C13H19FN4. The fourth-order valence-electron chi connectivity index (χ4n) is 2.52. The summed E-state index contributed by atoms with van der Waals surface area (Å²) in [7, 11) is 0. The van der Waals surface area contributed by atoms with Crippen molar-refractivity contribution in [2.45, 2.75) is 44.2 Å². The Labute approximate surface area is 107 Å². The highest BCUT2D eigenvalue weighted by molar-refractivity contribution is 5.31. The summed E-state index contributed by atoms with van der Waals surface area (Å²) in [5.74, 6) is 0.294. The monoisotopic (exact) mass is 250 g/mol. The van der Waals surface area contributed by atoms with Gasteiger partial charge in [0.05, 0.1) is 12.4 Å². The molecule has 5 heteroatoms. The molecule has 1 saturated heterocycles. The van der Waals surface area contributed by atoms with E-state index in [1.165, 1.54) is 44.5 Å². The van der Waals surface area contributed by atoms with Gasteiger partial charge in [-0.05, 0) is 32.1 Å². The maximum absolute atomic E-state index is 12.9. The molecule has 2 fully saturated rings. The number of anilines is 1. The van der Waals surface area contributed by atoms with E-state index >= 15 is 0 Å². The molecule has 0 radical (unpaired) electrons. The summed E-state index contributed by atoms with van der Waals surface area (Å²) in [6, 6.07) is 1.17. The molecule has 2 heterocycles. The van der Waals surface area contributed by atoms with Gasteiger partial charge in [-0.1, -0.05) is 0 Å². The van der Waals surface area contributed by atoms with Crippen molar-refractivity contribution in [1.82, 2.24) is 15.3 Å². The van der Waals surface area contributed by atoms with Crippen LogP contribution in [0.2, 0.25) is 0 Å². The van der Waals surface area contributed by atoms with Crippen LogP contribution in [0, 0.1) is 5.82 Å². The molecule has 2 aliphatic rings. The van der Waals surface area contributed by atoms with Crippen molar-refractivity contribution in [3.63, 3.8) is 0 Å². The van der Waals surface area contributed by atoms with Gasteiger partial charge in [-0.3, -0.25) is 0 Å². The van der Waals surface area contributed by atoms with Crippen LogP contribution in [0.3, 0.4) is 0 Å². The van der Waals surface area contributed by atoms with Crippen molar-refractivity contribution in [3.8, 4) is 0 Å². The summed E-state index contributed by atoms with van der Waals surface area (Å²) in [6.45, 7) is 1.97. The van der Waals surface area contributed by atoms with Crippen LogP contribution in [-0.2, 0) is 0 Å². The predicted octanol–water partition coefficient (Wildman–Crippen LogP) is 1.73. The van der Waals surface area contributed by atoms with Gasteiger partial charge in [-0.25, -0.2) is 14.4 Å². The van der Waals surface area contributed by atoms with E-state index in [1.54, 1.807) is 0 Å². The molecule has 1 aromatic rings. The van der Waals surface area contributed by atoms with Gasteiger partial charge in [0, 0.05) is 25.2 Å². The number of rotatable bonds is 4. The second kappa shape index (κ2) is 5.18. The molecule has 0 spiro atoms. The minimum absolute atomic E-state index is 0.372. The van der Waals surface area contributed by atoms with Crippen LogP contribution in [0.5, 0.6) is 0 Å². The predicted molar refractivity (Wildman–Crippen MR) is 68.0 cm³/mol. The first-order valence-corrected chi connectivity index (χ1v) is 6.80. The topological polar surface area (TPSA) is 41.1 Å². The maximum Gasteiger partial charge on any atom is 0.225 e. The average Bonchev–Trinajstić information content (AvgIpc) is 3.22. The van der Waals surface area contributed by atoms with E-state index in [1.807, 2.05) is 0 Å². The van der Waals surface area contributed by atoms with E-state index in [-0.39, 0.29) is 5.82 Å². The van der Waals surface area contributed by atoms with Gasteiger partial charge in [0.25, 0.3) is 0 Å². The normalized spacial score (nSPS) is 24.3. The molecule has 3 rings (SSSR count). The first-order valence-electron chi connectivity index (χ1n) is 6.80. The summed E-state index contributed by atoms with van der Waals surface area (Å²) < 4.78 is 12.9. The Balaban J connectivity index is 1.67. The molecule has 1 atom stereocenters. The van der Waals surface area contributed by atoms with E-state index < -0.39 is 0 Å². The third-order valence-corrected chi connectivity index (χ3v) is 3.71. The number of halogens is 1. The van der Waals surface area contributed by atoms with E-state index in [0.717, 1.165) is 19.1 Å². The average molecular weight is 250 g/mol. The number of nitrogens with zero attached hydrogens (tertiary/aromatic N) is 3. The van der Waals surface area contributed by atoms with Gasteiger partial charge < -0.3 is 10.2 Å². The highest BCUT2D eigenvalue weighted by Gasteiger charge is 2.27. The Hall–Kier alpha value is -1.23. The standard InChI is InChI=1S/C13H19FN4/c14-10-7-16-13(17-8-10)18-6-2-1-3-12(18)9-15-11-4-5-11/h7-8,11-12,15H,1-6,9H2. The third kappa shape index (κ3) is 2.77. The van der Waals surface area contributed by atoms with Crippen LogP contribution < -0.4 is 10.2 Å². The molecule has 1 unspecified atom stereocenters. The lowest BCUT2D eigenvalue weighted by Gasteiger charge is -2.35. The summed E-state index contributed by atoms with van der Waals surface area (Å²) in [6.07, 6.45) is 8.71. The molecule has 1 aliphatic heterocycles. The molecule has 98 valence electrons. The Morgan fingerprint density at radius 2 is 2.00 bits per heavy atom. The summed E-state index contributed by atoms with van der Waals surface area (Å²) in [4.78, 5) is 10.4. The van der Waals surface area contributed by atoms with Gasteiger partial charge in [0.2, 0.25) is 5.95 Å². The lowest BCUT2D eigenvalue weighted by molar-refractivity contribution is 0.428. The number of nitrogens with one attached hydrogen (secondary N) is 1. The minimum Gasteiger partial charge on any atom is -0.337 e. The van der Waals surface area contributed by atoms with Crippen LogP contribution in [-0.4, -0.2) is 35.1 Å². The Kier molecular flexibility index (Phi) is 3.41. The number of hydrogen-bond acceptors (Lipinski definition) is 4. The molecule has 1 saturated carbocycles. The zero-order chi connectivity index (χ0) is 12.4. The third-order valence-electron chi connectivity index (χ3n) is 3.71. The van der Waals surface area contributed by atoms with Crippen LogP contribution in [0.1, 0.15) is 32.1 Å². The molecule has 18 heavy (non-hydrogen) atoms. The van der Waals surface area contributed by atoms with Gasteiger partial charge in [-0.15, -0.1) is 0 Å². The lowest BCUT2D eigenvalue weighted by Crippen LogP contribution is -2.46. The van der Waals surface area contributed by atoms with Gasteiger partial charge in [0.1, 0.15) is 0 Å². The highest BCUT2D eigenvalue weighted by Crippen LogP contribution is 2.23. The zero-order valence-corrected chi connectivity index (χ0v) is 10.5. The second-order valence-corrected chi connectivity index (χ2v) is 5.23. The summed E-state index contributed by atoms with van der Waals surface area (Å²) in [5.41, 5.74) is 0. The van der Waals surface area contributed by atoms with Crippen LogP contribution >= 0.6 is 0 Å². The van der Waals surface area contributed by atoms with Crippen molar-refractivity contribution >= 4 is 5.95 Å². The SMILES string of the molecule is Fc1cnc(N2CCCCC2CNC2CC2)nc1. The molecular weight excluding hydrogens is 231 g/mol. The molecule has 4 nitrogen and oxygen atoms in total. The fourth-order valence-corrected chi connectivity index (χ4v) is 2.52. The molecule has 0 aromatic carbocycles. The molecule has 0 bridgehead atoms. The Morgan fingerprint density at radius 1 is 1.22 bits per heavy atom. The quantitative estimate of drug-likeness (QED) is 0.883.